The lowest BCUT2D eigenvalue weighted by molar-refractivity contribution is -0.132. The number of hydrogen-bond acceptors (Lipinski definition) is 3. The van der Waals surface area contributed by atoms with E-state index >= 15 is 0 Å². The lowest BCUT2D eigenvalue weighted by atomic mass is 10.1. The Morgan fingerprint density at radius 2 is 1.77 bits per heavy atom. The number of aliphatic hydroxyl groups excluding tert-OH is 1. The van der Waals surface area contributed by atoms with Gasteiger partial charge in [0.15, 0.2) is 0 Å². The summed E-state index contributed by atoms with van der Waals surface area (Å²) in [4.78, 5) is 16.5. The average Bonchev–Trinajstić information content (AvgIpc) is 3.33. The van der Waals surface area contributed by atoms with Crippen LogP contribution < -0.4 is 0 Å². The summed E-state index contributed by atoms with van der Waals surface area (Å²) in [5, 5.41) is 9.99. The fourth-order valence-corrected chi connectivity index (χ4v) is 2.96. The van der Waals surface area contributed by atoms with E-state index in [1.165, 1.54) is 12.8 Å². The Morgan fingerprint density at radius 1 is 1.14 bits per heavy atom. The van der Waals surface area contributed by atoms with Gasteiger partial charge >= 0.3 is 0 Å². The van der Waals surface area contributed by atoms with Gasteiger partial charge in [0, 0.05) is 32.7 Å². The molecule has 2 aliphatic rings. The van der Waals surface area contributed by atoms with Crippen molar-refractivity contribution >= 4 is 18.3 Å². The van der Waals surface area contributed by atoms with E-state index in [1.54, 1.807) is 0 Å². The van der Waals surface area contributed by atoms with Crippen LogP contribution in [0.15, 0.2) is 30.3 Å². The lowest BCUT2D eigenvalue weighted by Crippen LogP contribution is -2.51. The van der Waals surface area contributed by atoms with Crippen LogP contribution in [0.2, 0.25) is 0 Å². The Bertz CT molecular complexity index is 471. The van der Waals surface area contributed by atoms with Crippen molar-refractivity contribution in [1.82, 2.24) is 9.80 Å². The van der Waals surface area contributed by atoms with Gasteiger partial charge in [-0.2, -0.15) is 0 Å². The number of piperazine rings is 1. The van der Waals surface area contributed by atoms with Gasteiger partial charge in [0.25, 0.3) is 0 Å². The third-order valence-corrected chi connectivity index (χ3v) is 4.53. The van der Waals surface area contributed by atoms with Crippen molar-refractivity contribution in [3.05, 3.63) is 35.9 Å². The maximum absolute atomic E-state index is 12.3. The van der Waals surface area contributed by atoms with Crippen LogP contribution in [0.5, 0.6) is 0 Å². The number of nitrogens with zero attached hydrogens (tertiary/aromatic N) is 2. The summed E-state index contributed by atoms with van der Waals surface area (Å²) < 4.78 is 0. The average molecular weight is 325 g/mol. The predicted octanol–water partition coefficient (Wildman–Crippen LogP) is 1.57. The van der Waals surface area contributed by atoms with Gasteiger partial charge in [0.1, 0.15) is 0 Å². The molecule has 3 rings (SSSR count). The van der Waals surface area contributed by atoms with Crippen LogP contribution in [0, 0.1) is 5.92 Å². The van der Waals surface area contributed by atoms with E-state index in [-0.39, 0.29) is 24.4 Å². The fourth-order valence-electron chi connectivity index (χ4n) is 2.96. The van der Waals surface area contributed by atoms with Crippen molar-refractivity contribution in [3.8, 4) is 0 Å². The largest absolute Gasteiger partial charge is 0.392 e. The number of amides is 1. The van der Waals surface area contributed by atoms with Crippen molar-refractivity contribution < 1.29 is 9.90 Å². The first kappa shape index (κ1) is 17.3. The van der Waals surface area contributed by atoms with Crippen LogP contribution in [0.1, 0.15) is 18.4 Å². The molecule has 1 saturated carbocycles. The zero-order valence-electron chi connectivity index (χ0n) is 12.9. The Balaban J connectivity index is 0.00000176. The molecule has 1 aliphatic heterocycles. The number of rotatable bonds is 5. The molecular weight excluding hydrogens is 300 g/mol. The smallest absolute Gasteiger partial charge is 0.227 e. The highest BCUT2D eigenvalue weighted by molar-refractivity contribution is 5.85. The van der Waals surface area contributed by atoms with Crippen molar-refractivity contribution in [2.75, 3.05) is 32.7 Å². The number of benzene rings is 1. The standard InChI is InChI=1S/C17H24N2O2.ClH/c20-16(15-6-7-15)13-18-8-10-19(11-9-18)17(21)12-14-4-2-1-3-5-14;/h1-5,15-16,20H,6-13H2;1H. The molecule has 122 valence electrons. The molecule has 4 nitrogen and oxygen atoms in total. The summed E-state index contributed by atoms with van der Waals surface area (Å²) in [5.74, 6) is 0.742. The quantitative estimate of drug-likeness (QED) is 0.894. The van der Waals surface area contributed by atoms with Crippen LogP contribution in [-0.4, -0.2) is 59.6 Å². The van der Waals surface area contributed by atoms with Gasteiger partial charge in [0.05, 0.1) is 12.5 Å². The van der Waals surface area contributed by atoms with E-state index < -0.39 is 0 Å². The zero-order chi connectivity index (χ0) is 14.7. The number of carbonyl (C=O) groups is 1. The predicted molar refractivity (Wildman–Crippen MR) is 89.1 cm³/mol. The Morgan fingerprint density at radius 3 is 2.36 bits per heavy atom. The van der Waals surface area contributed by atoms with Crippen molar-refractivity contribution in [1.29, 1.82) is 0 Å². The second-order valence-electron chi connectivity index (χ2n) is 6.25. The van der Waals surface area contributed by atoms with E-state index in [4.69, 9.17) is 0 Å². The highest BCUT2D eigenvalue weighted by Gasteiger charge is 2.31. The second-order valence-corrected chi connectivity index (χ2v) is 6.25. The highest BCUT2D eigenvalue weighted by Crippen LogP contribution is 2.32. The Labute approximate surface area is 138 Å². The highest BCUT2D eigenvalue weighted by atomic mass is 35.5. The summed E-state index contributed by atoms with van der Waals surface area (Å²) in [7, 11) is 0. The van der Waals surface area contributed by atoms with Crippen LogP contribution in [0.4, 0.5) is 0 Å². The number of carbonyl (C=O) groups excluding carboxylic acids is 1. The van der Waals surface area contributed by atoms with Crippen molar-refractivity contribution in [2.45, 2.75) is 25.4 Å². The normalized spacial score (nSPS) is 20.3. The van der Waals surface area contributed by atoms with Crippen molar-refractivity contribution in [3.63, 3.8) is 0 Å². The number of hydrogen-bond donors (Lipinski definition) is 1. The first-order chi connectivity index (χ1) is 10.2. The summed E-state index contributed by atoms with van der Waals surface area (Å²) >= 11 is 0. The number of aliphatic hydroxyl groups is 1. The summed E-state index contributed by atoms with van der Waals surface area (Å²) in [6.07, 6.45) is 2.68. The van der Waals surface area contributed by atoms with E-state index in [0.29, 0.717) is 12.3 Å². The lowest BCUT2D eigenvalue weighted by Gasteiger charge is -2.35. The van der Waals surface area contributed by atoms with Crippen LogP contribution >= 0.6 is 12.4 Å². The van der Waals surface area contributed by atoms with E-state index in [1.807, 2.05) is 35.2 Å². The van der Waals surface area contributed by atoms with Gasteiger partial charge in [-0.05, 0) is 24.3 Å². The van der Waals surface area contributed by atoms with Crippen LogP contribution in [0.3, 0.4) is 0 Å². The van der Waals surface area contributed by atoms with Gasteiger partial charge < -0.3 is 10.0 Å². The summed E-state index contributed by atoms with van der Waals surface area (Å²) in [6.45, 7) is 4.09. The Kier molecular flexibility index (Phi) is 6.24. The molecule has 1 aromatic carbocycles. The van der Waals surface area contributed by atoms with Gasteiger partial charge in [-0.25, -0.2) is 0 Å². The summed E-state index contributed by atoms with van der Waals surface area (Å²) in [6, 6.07) is 9.91. The molecule has 0 bridgehead atoms. The van der Waals surface area contributed by atoms with Crippen molar-refractivity contribution in [2.24, 2.45) is 5.92 Å². The van der Waals surface area contributed by atoms with Gasteiger partial charge in [-0.1, -0.05) is 30.3 Å². The third-order valence-electron chi connectivity index (χ3n) is 4.53. The maximum Gasteiger partial charge on any atom is 0.227 e. The van der Waals surface area contributed by atoms with E-state index in [2.05, 4.69) is 4.90 Å². The fraction of sp³-hybridized carbons (Fsp3) is 0.588. The van der Waals surface area contributed by atoms with Gasteiger partial charge in [-0.15, -0.1) is 12.4 Å². The molecule has 1 N–H and O–H groups in total. The topological polar surface area (TPSA) is 43.8 Å². The number of β-amino-alcohol motifs (C(OH)–C–C–N with tert-alkyl or cyclic N) is 1. The third kappa shape index (κ3) is 4.70. The SMILES string of the molecule is Cl.O=C(Cc1ccccc1)N1CCN(CC(O)C2CC2)CC1. The molecule has 1 amide bonds. The molecule has 22 heavy (non-hydrogen) atoms. The molecule has 1 aromatic rings. The molecule has 2 fully saturated rings. The minimum Gasteiger partial charge on any atom is -0.392 e. The first-order valence-corrected chi connectivity index (χ1v) is 7.94. The van der Waals surface area contributed by atoms with E-state index in [9.17, 15) is 9.90 Å². The molecular formula is C17H25ClN2O2. The van der Waals surface area contributed by atoms with Crippen LogP contribution in [-0.2, 0) is 11.2 Å². The monoisotopic (exact) mass is 324 g/mol. The Hall–Kier alpha value is -1.10. The molecule has 5 heteroatoms. The van der Waals surface area contributed by atoms with Gasteiger partial charge in [-0.3, -0.25) is 9.69 Å². The number of halogens is 1. The molecule has 0 radical (unpaired) electrons. The molecule has 1 unspecified atom stereocenters. The second kappa shape index (κ2) is 7.95. The molecule has 0 aromatic heterocycles. The summed E-state index contributed by atoms with van der Waals surface area (Å²) in [5.41, 5.74) is 1.08. The molecule has 1 aliphatic carbocycles. The molecule has 0 spiro atoms. The molecule has 1 saturated heterocycles. The minimum atomic E-state index is -0.170. The zero-order valence-corrected chi connectivity index (χ0v) is 13.7. The minimum absolute atomic E-state index is 0. The van der Waals surface area contributed by atoms with Crippen LogP contribution in [0.25, 0.3) is 0 Å². The maximum atomic E-state index is 12.3. The molecule has 1 heterocycles. The first-order valence-electron chi connectivity index (χ1n) is 7.94. The van der Waals surface area contributed by atoms with E-state index in [0.717, 1.165) is 38.3 Å². The van der Waals surface area contributed by atoms with Gasteiger partial charge in [0.2, 0.25) is 5.91 Å². The molecule has 1 atom stereocenters.